The van der Waals surface area contributed by atoms with Gasteiger partial charge in [0.1, 0.15) is 11.5 Å². The molecule has 1 aromatic carbocycles. The number of para-hydroxylation sites is 1. The zero-order chi connectivity index (χ0) is 20.8. The summed E-state index contributed by atoms with van der Waals surface area (Å²) >= 11 is 1.58. The lowest BCUT2D eigenvalue weighted by molar-refractivity contribution is -0.120. The molecule has 7 heteroatoms. The first-order chi connectivity index (χ1) is 14.7. The average molecular weight is 419 g/mol. The van der Waals surface area contributed by atoms with Crippen LogP contribution in [-0.4, -0.2) is 22.4 Å². The Morgan fingerprint density at radius 2 is 2.00 bits per heavy atom. The minimum Gasteiger partial charge on any atom is -0.458 e. The number of anilines is 1. The number of aryl methyl sites for hydroxylation is 1. The van der Waals surface area contributed by atoms with Crippen LogP contribution in [0.5, 0.6) is 0 Å². The molecule has 6 nitrogen and oxygen atoms in total. The van der Waals surface area contributed by atoms with E-state index in [1.54, 1.807) is 17.5 Å². The van der Waals surface area contributed by atoms with Crippen LogP contribution in [-0.2, 0) is 17.9 Å². The molecule has 4 aromatic rings. The molecule has 3 heterocycles. The second kappa shape index (κ2) is 9.37. The fraction of sp³-hybridized carbons (Fsp3) is 0.174. The van der Waals surface area contributed by atoms with Crippen molar-refractivity contribution in [1.82, 2.24) is 15.3 Å². The Labute approximate surface area is 179 Å². The maximum Gasteiger partial charge on any atom is 0.239 e. The van der Waals surface area contributed by atoms with Crippen LogP contribution < -0.4 is 10.2 Å². The van der Waals surface area contributed by atoms with Gasteiger partial charge in [0.25, 0.3) is 0 Å². The van der Waals surface area contributed by atoms with E-state index in [1.807, 2.05) is 78.0 Å². The van der Waals surface area contributed by atoms with Crippen LogP contribution in [0.3, 0.4) is 0 Å². The van der Waals surface area contributed by atoms with Gasteiger partial charge in [0.15, 0.2) is 5.76 Å². The third-order valence-corrected chi connectivity index (χ3v) is 5.32. The molecule has 0 atom stereocenters. The van der Waals surface area contributed by atoms with Gasteiger partial charge in [0, 0.05) is 30.0 Å². The van der Waals surface area contributed by atoms with Crippen molar-refractivity contribution in [2.75, 3.05) is 11.4 Å². The Hall–Kier alpha value is -3.45. The second-order valence-electron chi connectivity index (χ2n) is 6.85. The van der Waals surface area contributed by atoms with E-state index < -0.39 is 0 Å². The SMILES string of the molecule is Cc1nc(-c2ccc(CNC(=O)CN(Cc3cccnc3)c3ccccc3)o2)cs1. The molecule has 1 N–H and O–H groups in total. The molecule has 0 radical (unpaired) electrons. The molecule has 0 unspecified atom stereocenters. The molecular weight excluding hydrogens is 396 g/mol. The van der Waals surface area contributed by atoms with Crippen LogP contribution in [0.15, 0.2) is 76.8 Å². The van der Waals surface area contributed by atoms with E-state index in [-0.39, 0.29) is 12.5 Å². The van der Waals surface area contributed by atoms with Crippen LogP contribution in [0.1, 0.15) is 16.3 Å². The molecule has 0 aliphatic rings. The number of benzene rings is 1. The zero-order valence-electron chi connectivity index (χ0n) is 16.6. The highest BCUT2D eigenvalue weighted by Gasteiger charge is 2.14. The molecule has 30 heavy (non-hydrogen) atoms. The number of rotatable bonds is 8. The standard InChI is InChI=1S/C23H22N4O2S/c1-17-26-21(16-30-17)22-10-9-20(29-22)13-25-23(28)15-27(19-7-3-2-4-8-19)14-18-6-5-11-24-12-18/h2-12,16H,13-15H2,1H3,(H,25,28). The summed E-state index contributed by atoms with van der Waals surface area (Å²) in [5.74, 6) is 1.33. The lowest BCUT2D eigenvalue weighted by Gasteiger charge is -2.24. The monoisotopic (exact) mass is 418 g/mol. The molecule has 4 rings (SSSR count). The summed E-state index contributed by atoms with van der Waals surface area (Å²) in [6.07, 6.45) is 3.56. The Bertz CT molecular complexity index is 1090. The molecule has 0 aliphatic carbocycles. The van der Waals surface area contributed by atoms with Crippen LogP contribution in [0.25, 0.3) is 11.5 Å². The smallest absolute Gasteiger partial charge is 0.239 e. The number of furan rings is 1. The number of nitrogens with one attached hydrogen (secondary N) is 1. The molecule has 1 amide bonds. The van der Waals surface area contributed by atoms with Crippen molar-refractivity contribution in [3.63, 3.8) is 0 Å². The predicted molar refractivity (Wildman–Crippen MR) is 118 cm³/mol. The molecule has 0 fully saturated rings. The van der Waals surface area contributed by atoms with Gasteiger partial charge in [-0.1, -0.05) is 24.3 Å². The third kappa shape index (κ3) is 5.12. The van der Waals surface area contributed by atoms with Gasteiger partial charge in [-0.25, -0.2) is 4.98 Å². The Balaban J connectivity index is 1.38. The average Bonchev–Trinajstić information content (AvgIpc) is 3.42. The van der Waals surface area contributed by atoms with E-state index in [9.17, 15) is 4.79 Å². The molecule has 3 aromatic heterocycles. The molecule has 0 spiro atoms. The summed E-state index contributed by atoms with van der Waals surface area (Å²) < 4.78 is 5.83. The van der Waals surface area contributed by atoms with Gasteiger partial charge in [-0.15, -0.1) is 11.3 Å². The Morgan fingerprint density at radius 1 is 1.13 bits per heavy atom. The van der Waals surface area contributed by atoms with E-state index in [1.165, 1.54) is 0 Å². The number of hydrogen-bond donors (Lipinski definition) is 1. The summed E-state index contributed by atoms with van der Waals surface area (Å²) in [5, 5.41) is 5.90. The number of pyridine rings is 1. The van der Waals surface area contributed by atoms with E-state index in [2.05, 4.69) is 15.3 Å². The zero-order valence-corrected chi connectivity index (χ0v) is 17.4. The Kier molecular flexibility index (Phi) is 6.20. The third-order valence-electron chi connectivity index (χ3n) is 4.54. The number of amides is 1. The number of nitrogens with zero attached hydrogens (tertiary/aromatic N) is 3. The molecule has 0 saturated carbocycles. The van der Waals surface area contributed by atoms with Crippen molar-refractivity contribution in [2.45, 2.75) is 20.0 Å². The molecule has 0 aliphatic heterocycles. The number of aromatic nitrogens is 2. The number of hydrogen-bond acceptors (Lipinski definition) is 6. The lowest BCUT2D eigenvalue weighted by atomic mass is 10.2. The highest BCUT2D eigenvalue weighted by molar-refractivity contribution is 7.09. The van der Waals surface area contributed by atoms with Crippen molar-refractivity contribution in [2.24, 2.45) is 0 Å². The first-order valence-electron chi connectivity index (χ1n) is 9.64. The topological polar surface area (TPSA) is 71.3 Å². The summed E-state index contributed by atoms with van der Waals surface area (Å²) in [6.45, 7) is 3.12. The van der Waals surface area contributed by atoms with E-state index >= 15 is 0 Å². The quantitative estimate of drug-likeness (QED) is 0.458. The molecule has 152 valence electrons. The van der Waals surface area contributed by atoms with Crippen molar-refractivity contribution in [3.8, 4) is 11.5 Å². The van der Waals surface area contributed by atoms with Crippen molar-refractivity contribution >= 4 is 22.9 Å². The maximum atomic E-state index is 12.6. The Morgan fingerprint density at radius 3 is 2.73 bits per heavy atom. The summed E-state index contributed by atoms with van der Waals surface area (Å²) in [5.41, 5.74) is 2.85. The van der Waals surface area contributed by atoms with Crippen molar-refractivity contribution < 1.29 is 9.21 Å². The van der Waals surface area contributed by atoms with Crippen LogP contribution in [0, 0.1) is 6.92 Å². The minimum atomic E-state index is -0.0785. The highest BCUT2D eigenvalue weighted by Crippen LogP contribution is 2.23. The van der Waals surface area contributed by atoms with Gasteiger partial charge in [-0.2, -0.15) is 0 Å². The van der Waals surface area contributed by atoms with Gasteiger partial charge in [-0.3, -0.25) is 9.78 Å². The van der Waals surface area contributed by atoms with Crippen LogP contribution in [0.4, 0.5) is 5.69 Å². The highest BCUT2D eigenvalue weighted by atomic mass is 32.1. The largest absolute Gasteiger partial charge is 0.458 e. The lowest BCUT2D eigenvalue weighted by Crippen LogP contribution is -2.36. The van der Waals surface area contributed by atoms with Crippen molar-refractivity contribution in [1.29, 1.82) is 0 Å². The first-order valence-corrected chi connectivity index (χ1v) is 10.5. The van der Waals surface area contributed by atoms with E-state index in [4.69, 9.17) is 4.42 Å². The maximum absolute atomic E-state index is 12.6. The molecule has 0 bridgehead atoms. The number of thiazole rings is 1. The summed E-state index contributed by atoms with van der Waals surface area (Å²) in [7, 11) is 0. The fourth-order valence-corrected chi connectivity index (χ4v) is 3.69. The minimum absolute atomic E-state index is 0.0785. The van der Waals surface area contributed by atoms with Gasteiger partial charge in [0.05, 0.1) is 18.1 Å². The van der Waals surface area contributed by atoms with Gasteiger partial charge in [-0.05, 0) is 42.8 Å². The fourth-order valence-electron chi connectivity index (χ4n) is 3.09. The van der Waals surface area contributed by atoms with Gasteiger partial charge >= 0.3 is 0 Å². The summed E-state index contributed by atoms with van der Waals surface area (Å²) in [6, 6.07) is 17.6. The first kappa shape index (κ1) is 19.8. The number of carbonyl (C=O) groups is 1. The normalized spacial score (nSPS) is 10.7. The second-order valence-corrected chi connectivity index (χ2v) is 7.91. The predicted octanol–water partition coefficient (Wildman–Crippen LogP) is 4.43. The summed E-state index contributed by atoms with van der Waals surface area (Å²) in [4.78, 5) is 23.3. The van der Waals surface area contributed by atoms with Crippen molar-refractivity contribution in [3.05, 3.63) is 88.7 Å². The van der Waals surface area contributed by atoms with E-state index in [0.717, 1.165) is 22.0 Å². The van der Waals surface area contributed by atoms with Crippen LogP contribution >= 0.6 is 11.3 Å². The number of carbonyl (C=O) groups excluding carboxylic acids is 1. The van der Waals surface area contributed by atoms with Gasteiger partial charge < -0.3 is 14.6 Å². The molecule has 0 saturated heterocycles. The van der Waals surface area contributed by atoms with Crippen LogP contribution in [0.2, 0.25) is 0 Å². The van der Waals surface area contributed by atoms with Gasteiger partial charge in [0.2, 0.25) is 5.91 Å². The molecular formula is C23H22N4O2S. The van der Waals surface area contributed by atoms with E-state index in [0.29, 0.717) is 24.6 Å².